The third-order valence-electron chi connectivity index (χ3n) is 4.51. The maximum Gasteiger partial charge on any atom is 0.122 e. The molecule has 23 heavy (non-hydrogen) atoms. The van der Waals surface area contributed by atoms with E-state index in [1.807, 2.05) is 0 Å². The van der Waals surface area contributed by atoms with E-state index < -0.39 is 0 Å². The Morgan fingerprint density at radius 2 is 2.00 bits per heavy atom. The van der Waals surface area contributed by atoms with E-state index in [-0.39, 0.29) is 0 Å². The predicted molar refractivity (Wildman–Crippen MR) is 97.3 cm³/mol. The van der Waals surface area contributed by atoms with Gasteiger partial charge in [-0.15, -0.1) is 11.3 Å². The second-order valence-electron chi connectivity index (χ2n) is 6.57. The number of aromatic nitrogens is 1. The Kier molecular flexibility index (Phi) is 5.34. The minimum Gasteiger partial charge on any atom is -0.496 e. The van der Waals surface area contributed by atoms with Crippen LogP contribution in [0.1, 0.15) is 49.6 Å². The van der Waals surface area contributed by atoms with Crippen molar-refractivity contribution in [1.29, 1.82) is 0 Å². The Bertz CT molecular complexity index is 645. The van der Waals surface area contributed by atoms with Crippen LogP contribution < -0.4 is 4.74 Å². The van der Waals surface area contributed by atoms with Gasteiger partial charge in [0.25, 0.3) is 0 Å². The first-order chi connectivity index (χ1) is 11.2. The first-order valence-corrected chi connectivity index (χ1v) is 9.40. The molecule has 1 aliphatic heterocycles. The lowest BCUT2D eigenvalue weighted by atomic mass is 9.99. The summed E-state index contributed by atoms with van der Waals surface area (Å²) in [5, 5.41) is 3.41. The van der Waals surface area contributed by atoms with Crippen molar-refractivity contribution in [2.45, 2.75) is 45.6 Å². The zero-order chi connectivity index (χ0) is 16.2. The van der Waals surface area contributed by atoms with Crippen molar-refractivity contribution in [3.63, 3.8) is 0 Å². The molecule has 0 N–H and O–H groups in total. The summed E-state index contributed by atoms with van der Waals surface area (Å²) in [6.45, 7) is 7.83. The van der Waals surface area contributed by atoms with Gasteiger partial charge >= 0.3 is 0 Å². The SMILES string of the molecule is COc1ccc(-c2csc(CN3CCCCC3)n2)cc1C(C)C. The highest BCUT2D eigenvalue weighted by atomic mass is 32.1. The number of benzene rings is 1. The molecular formula is C19H26N2OS. The highest BCUT2D eigenvalue weighted by molar-refractivity contribution is 7.09. The van der Waals surface area contributed by atoms with Crippen LogP contribution in [0, 0.1) is 0 Å². The van der Waals surface area contributed by atoms with Gasteiger partial charge in [-0.2, -0.15) is 0 Å². The summed E-state index contributed by atoms with van der Waals surface area (Å²) in [6.07, 6.45) is 4.03. The molecule has 1 aromatic heterocycles. The molecule has 1 aromatic carbocycles. The van der Waals surface area contributed by atoms with Gasteiger partial charge in [-0.05, 0) is 55.6 Å². The molecule has 124 valence electrons. The Labute approximate surface area is 143 Å². The first kappa shape index (κ1) is 16.5. The summed E-state index contributed by atoms with van der Waals surface area (Å²) in [5.74, 6) is 1.41. The summed E-state index contributed by atoms with van der Waals surface area (Å²) in [5.41, 5.74) is 3.53. The Balaban J connectivity index is 1.78. The number of piperidine rings is 1. The van der Waals surface area contributed by atoms with Crippen LogP contribution in [0.15, 0.2) is 23.6 Å². The molecule has 3 nitrogen and oxygen atoms in total. The fourth-order valence-corrected chi connectivity index (χ4v) is 4.01. The van der Waals surface area contributed by atoms with Crippen LogP contribution in [0.5, 0.6) is 5.75 Å². The van der Waals surface area contributed by atoms with Crippen LogP contribution in [0.3, 0.4) is 0 Å². The number of likely N-dealkylation sites (tertiary alicyclic amines) is 1. The maximum atomic E-state index is 5.48. The molecule has 1 aliphatic rings. The standard InChI is InChI=1S/C19H26N2OS/c1-14(2)16-11-15(7-8-18(16)22-3)17-13-23-19(20-17)12-21-9-5-4-6-10-21/h7-8,11,13-14H,4-6,9-10,12H2,1-3H3. The van der Waals surface area contributed by atoms with E-state index in [9.17, 15) is 0 Å². The van der Waals surface area contributed by atoms with E-state index >= 15 is 0 Å². The van der Waals surface area contributed by atoms with Crippen LogP contribution in [0.2, 0.25) is 0 Å². The predicted octanol–water partition coefficient (Wildman–Crippen LogP) is 4.93. The maximum absolute atomic E-state index is 5.48. The van der Waals surface area contributed by atoms with Crippen molar-refractivity contribution >= 4 is 11.3 Å². The van der Waals surface area contributed by atoms with E-state index in [4.69, 9.17) is 9.72 Å². The molecule has 0 radical (unpaired) electrons. The van der Waals surface area contributed by atoms with E-state index in [1.165, 1.54) is 48.5 Å². The zero-order valence-corrected chi connectivity index (χ0v) is 15.2. The largest absolute Gasteiger partial charge is 0.496 e. The molecular weight excluding hydrogens is 304 g/mol. The summed E-state index contributed by atoms with van der Waals surface area (Å²) < 4.78 is 5.48. The fraction of sp³-hybridized carbons (Fsp3) is 0.526. The smallest absolute Gasteiger partial charge is 0.122 e. The van der Waals surface area contributed by atoms with Crippen LogP contribution in [0.4, 0.5) is 0 Å². The molecule has 0 atom stereocenters. The number of methoxy groups -OCH3 is 1. The molecule has 1 saturated heterocycles. The summed E-state index contributed by atoms with van der Waals surface area (Å²) in [7, 11) is 1.74. The summed E-state index contributed by atoms with van der Waals surface area (Å²) >= 11 is 1.78. The van der Waals surface area contributed by atoms with Gasteiger partial charge in [0.2, 0.25) is 0 Å². The molecule has 0 unspecified atom stereocenters. The van der Waals surface area contributed by atoms with E-state index in [1.54, 1.807) is 18.4 Å². The number of nitrogens with zero attached hydrogens (tertiary/aromatic N) is 2. The topological polar surface area (TPSA) is 25.4 Å². The lowest BCUT2D eigenvalue weighted by molar-refractivity contribution is 0.220. The lowest BCUT2D eigenvalue weighted by Gasteiger charge is -2.25. The van der Waals surface area contributed by atoms with Crippen molar-refractivity contribution in [2.75, 3.05) is 20.2 Å². The molecule has 1 fully saturated rings. The number of thiazole rings is 1. The lowest BCUT2D eigenvalue weighted by Crippen LogP contribution is -2.28. The third-order valence-corrected chi connectivity index (χ3v) is 5.34. The molecule has 0 saturated carbocycles. The minimum absolute atomic E-state index is 0.441. The third kappa shape index (κ3) is 3.93. The van der Waals surface area contributed by atoms with Crippen LogP contribution in [-0.4, -0.2) is 30.1 Å². The molecule has 0 spiro atoms. The second kappa shape index (κ2) is 7.45. The van der Waals surface area contributed by atoms with Crippen molar-refractivity contribution in [1.82, 2.24) is 9.88 Å². The molecule has 0 amide bonds. The van der Waals surface area contributed by atoms with Crippen LogP contribution >= 0.6 is 11.3 Å². The van der Waals surface area contributed by atoms with Crippen molar-refractivity contribution in [2.24, 2.45) is 0 Å². The van der Waals surface area contributed by atoms with Gasteiger partial charge in [0, 0.05) is 10.9 Å². The minimum atomic E-state index is 0.441. The highest BCUT2D eigenvalue weighted by Crippen LogP contribution is 2.32. The van der Waals surface area contributed by atoms with Gasteiger partial charge in [0.15, 0.2) is 0 Å². The van der Waals surface area contributed by atoms with Gasteiger partial charge in [0.05, 0.1) is 19.3 Å². The van der Waals surface area contributed by atoms with E-state index in [0.717, 1.165) is 18.0 Å². The van der Waals surface area contributed by atoms with Gasteiger partial charge < -0.3 is 4.74 Å². The van der Waals surface area contributed by atoms with Crippen LogP contribution in [0.25, 0.3) is 11.3 Å². The molecule has 2 heterocycles. The highest BCUT2D eigenvalue weighted by Gasteiger charge is 2.14. The molecule has 4 heteroatoms. The monoisotopic (exact) mass is 330 g/mol. The molecule has 0 aliphatic carbocycles. The second-order valence-corrected chi connectivity index (χ2v) is 7.52. The summed E-state index contributed by atoms with van der Waals surface area (Å²) in [6, 6.07) is 6.40. The first-order valence-electron chi connectivity index (χ1n) is 8.52. The Morgan fingerprint density at radius 1 is 1.22 bits per heavy atom. The molecule has 0 bridgehead atoms. The van der Waals surface area contributed by atoms with Gasteiger partial charge in [-0.25, -0.2) is 4.98 Å². The average Bonchev–Trinajstić information content (AvgIpc) is 3.03. The normalized spacial score (nSPS) is 16.0. The fourth-order valence-electron chi connectivity index (χ4n) is 3.17. The number of ether oxygens (including phenoxy) is 1. The van der Waals surface area contributed by atoms with E-state index in [2.05, 4.69) is 42.3 Å². The van der Waals surface area contributed by atoms with Gasteiger partial charge in [-0.3, -0.25) is 4.90 Å². The summed E-state index contributed by atoms with van der Waals surface area (Å²) in [4.78, 5) is 7.39. The molecule has 2 aromatic rings. The quantitative estimate of drug-likeness (QED) is 0.777. The van der Waals surface area contributed by atoms with Gasteiger partial charge in [-0.1, -0.05) is 20.3 Å². The Morgan fingerprint density at radius 3 is 2.70 bits per heavy atom. The van der Waals surface area contributed by atoms with Crippen LogP contribution in [-0.2, 0) is 6.54 Å². The van der Waals surface area contributed by atoms with Gasteiger partial charge in [0.1, 0.15) is 10.8 Å². The Hall–Kier alpha value is -1.39. The number of hydrogen-bond donors (Lipinski definition) is 0. The van der Waals surface area contributed by atoms with E-state index in [0.29, 0.717) is 5.92 Å². The zero-order valence-electron chi connectivity index (χ0n) is 14.3. The average molecular weight is 330 g/mol. The van der Waals surface area contributed by atoms with Crippen molar-refractivity contribution < 1.29 is 4.74 Å². The van der Waals surface area contributed by atoms with Crippen molar-refractivity contribution in [3.8, 4) is 17.0 Å². The van der Waals surface area contributed by atoms with Crippen molar-refractivity contribution in [3.05, 3.63) is 34.2 Å². The molecule has 3 rings (SSSR count). The number of rotatable bonds is 5. The number of hydrogen-bond acceptors (Lipinski definition) is 4.